The van der Waals surface area contributed by atoms with Crippen LogP contribution in [0.4, 0.5) is 4.39 Å². The van der Waals surface area contributed by atoms with E-state index in [0.717, 1.165) is 35.5 Å². The Kier molecular flexibility index (Phi) is 3.12. The molecule has 1 aliphatic rings. The first kappa shape index (κ1) is 13.3. The lowest BCUT2D eigenvalue weighted by Gasteiger charge is -2.24. The standard InChI is InChI=1S/C18H17FN2O/c1-22-13-5-6-16-15(10-13)14-7-8-20-17(18(14)21-16)11-3-2-4-12(19)9-11/h2-6,9-10,17,20-21H,7-8H2,1H3. The minimum absolute atomic E-state index is 0.00200. The molecule has 22 heavy (non-hydrogen) atoms. The maximum atomic E-state index is 13.5. The van der Waals surface area contributed by atoms with Crippen LogP contribution in [0.2, 0.25) is 0 Å². The van der Waals surface area contributed by atoms with E-state index in [1.165, 1.54) is 17.0 Å². The Labute approximate surface area is 128 Å². The summed E-state index contributed by atoms with van der Waals surface area (Å²) in [5.41, 5.74) is 4.46. The van der Waals surface area contributed by atoms with E-state index in [-0.39, 0.29) is 11.9 Å². The average Bonchev–Trinajstić information content (AvgIpc) is 2.92. The molecule has 3 aromatic rings. The highest BCUT2D eigenvalue weighted by Crippen LogP contribution is 2.35. The van der Waals surface area contributed by atoms with Gasteiger partial charge in [-0.05, 0) is 47.9 Å². The van der Waals surface area contributed by atoms with Crippen molar-refractivity contribution < 1.29 is 9.13 Å². The largest absolute Gasteiger partial charge is 0.497 e. The van der Waals surface area contributed by atoms with Crippen molar-refractivity contribution in [3.63, 3.8) is 0 Å². The third-order valence-corrected chi connectivity index (χ3v) is 4.34. The third-order valence-electron chi connectivity index (χ3n) is 4.34. The van der Waals surface area contributed by atoms with Gasteiger partial charge >= 0.3 is 0 Å². The molecule has 4 rings (SSSR count). The molecule has 0 spiro atoms. The highest BCUT2D eigenvalue weighted by molar-refractivity contribution is 5.86. The summed E-state index contributed by atoms with van der Waals surface area (Å²) in [5, 5.41) is 4.67. The zero-order chi connectivity index (χ0) is 15.1. The van der Waals surface area contributed by atoms with Gasteiger partial charge in [-0.15, -0.1) is 0 Å². The van der Waals surface area contributed by atoms with Gasteiger partial charge in [0.2, 0.25) is 0 Å². The Morgan fingerprint density at radius 3 is 2.91 bits per heavy atom. The van der Waals surface area contributed by atoms with Crippen molar-refractivity contribution in [1.82, 2.24) is 10.3 Å². The van der Waals surface area contributed by atoms with Crippen LogP contribution in [0, 0.1) is 5.82 Å². The molecule has 0 bridgehead atoms. The number of H-pyrrole nitrogens is 1. The molecule has 0 fully saturated rings. The van der Waals surface area contributed by atoms with Crippen LogP contribution in [0.3, 0.4) is 0 Å². The lowest BCUT2D eigenvalue weighted by Crippen LogP contribution is -2.30. The second-order valence-corrected chi connectivity index (χ2v) is 5.62. The van der Waals surface area contributed by atoms with Gasteiger partial charge in [-0.3, -0.25) is 0 Å². The summed E-state index contributed by atoms with van der Waals surface area (Å²) < 4.78 is 18.9. The molecule has 0 saturated carbocycles. The molecular formula is C18H17FN2O. The van der Waals surface area contributed by atoms with Gasteiger partial charge in [0, 0.05) is 23.1 Å². The monoisotopic (exact) mass is 296 g/mol. The van der Waals surface area contributed by atoms with Crippen molar-refractivity contribution in [2.24, 2.45) is 0 Å². The first-order chi connectivity index (χ1) is 10.8. The lowest BCUT2D eigenvalue weighted by molar-refractivity contribution is 0.415. The van der Waals surface area contributed by atoms with E-state index in [4.69, 9.17) is 4.74 Å². The first-order valence-electron chi connectivity index (χ1n) is 7.43. The number of ether oxygens (including phenoxy) is 1. The van der Waals surface area contributed by atoms with Gasteiger partial charge in [0.15, 0.2) is 0 Å². The van der Waals surface area contributed by atoms with E-state index >= 15 is 0 Å². The fourth-order valence-electron chi connectivity index (χ4n) is 3.30. The summed E-state index contributed by atoms with van der Waals surface area (Å²) in [5.74, 6) is 0.652. The van der Waals surface area contributed by atoms with Crippen LogP contribution in [0.1, 0.15) is 22.9 Å². The molecule has 0 aliphatic carbocycles. The summed E-state index contributed by atoms with van der Waals surface area (Å²) in [6.45, 7) is 0.873. The number of rotatable bonds is 2. The van der Waals surface area contributed by atoms with E-state index in [1.54, 1.807) is 19.2 Å². The van der Waals surface area contributed by atoms with Gasteiger partial charge in [-0.2, -0.15) is 0 Å². The van der Waals surface area contributed by atoms with E-state index in [2.05, 4.69) is 16.4 Å². The molecule has 2 aromatic carbocycles. The number of halogens is 1. The topological polar surface area (TPSA) is 37.0 Å². The number of methoxy groups -OCH3 is 1. The number of hydrogen-bond donors (Lipinski definition) is 2. The number of fused-ring (bicyclic) bond motifs is 3. The van der Waals surface area contributed by atoms with Crippen molar-refractivity contribution in [3.05, 3.63) is 65.1 Å². The molecule has 0 saturated heterocycles. The minimum atomic E-state index is -0.204. The van der Waals surface area contributed by atoms with Crippen LogP contribution in [-0.4, -0.2) is 18.6 Å². The molecular weight excluding hydrogens is 279 g/mol. The fraction of sp³-hybridized carbons (Fsp3) is 0.222. The predicted molar refractivity (Wildman–Crippen MR) is 84.8 cm³/mol. The maximum Gasteiger partial charge on any atom is 0.123 e. The maximum absolute atomic E-state index is 13.5. The second kappa shape index (κ2) is 5.14. The van der Waals surface area contributed by atoms with Crippen molar-refractivity contribution in [1.29, 1.82) is 0 Å². The fourth-order valence-corrected chi connectivity index (χ4v) is 3.30. The lowest BCUT2D eigenvalue weighted by atomic mass is 9.94. The van der Waals surface area contributed by atoms with Crippen molar-refractivity contribution >= 4 is 10.9 Å². The van der Waals surface area contributed by atoms with E-state index in [1.807, 2.05) is 18.2 Å². The van der Waals surface area contributed by atoms with Crippen molar-refractivity contribution in [3.8, 4) is 5.75 Å². The average molecular weight is 296 g/mol. The number of aromatic amines is 1. The van der Waals surface area contributed by atoms with Crippen molar-refractivity contribution in [2.75, 3.05) is 13.7 Å². The minimum Gasteiger partial charge on any atom is -0.497 e. The Morgan fingerprint density at radius 1 is 1.18 bits per heavy atom. The Bertz CT molecular complexity index is 840. The highest BCUT2D eigenvalue weighted by atomic mass is 19.1. The zero-order valence-corrected chi connectivity index (χ0v) is 12.3. The summed E-state index contributed by atoms with van der Waals surface area (Å²) in [7, 11) is 1.68. The molecule has 0 radical (unpaired) electrons. The summed E-state index contributed by atoms with van der Waals surface area (Å²) in [6.07, 6.45) is 0.953. The van der Waals surface area contributed by atoms with E-state index in [0.29, 0.717) is 0 Å². The number of benzene rings is 2. The summed E-state index contributed by atoms with van der Waals surface area (Å²) >= 11 is 0. The van der Waals surface area contributed by atoms with Crippen LogP contribution in [-0.2, 0) is 6.42 Å². The van der Waals surface area contributed by atoms with Gasteiger partial charge < -0.3 is 15.0 Å². The molecule has 2 heterocycles. The van der Waals surface area contributed by atoms with Crippen molar-refractivity contribution in [2.45, 2.75) is 12.5 Å². The summed E-state index contributed by atoms with van der Waals surface area (Å²) in [6, 6.07) is 12.8. The van der Waals surface area contributed by atoms with Crippen LogP contribution in [0.15, 0.2) is 42.5 Å². The van der Waals surface area contributed by atoms with Gasteiger partial charge in [-0.25, -0.2) is 4.39 Å². The van der Waals surface area contributed by atoms with E-state index < -0.39 is 0 Å². The van der Waals surface area contributed by atoms with Crippen LogP contribution < -0.4 is 10.1 Å². The van der Waals surface area contributed by atoms with Gasteiger partial charge in [0.1, 0.15) is 11.6 Å². The molecule has 1 unspecified atom stereocenters. The molecule has 3 nitrogen and oxygen atoms in total. The van der Waals surface area contributed by atoms with Gasteiger partial charge in [0.25, 0.3) is 0 Å². The van der Waals surface area contributed by atoms with Crippen LogP contribution in [0.25, 0.3) is 10.9 Å². The number of hydrogen-bond acceptors (Lipinski definition) is 2. The molecule has 2 N–H and O–H groups in total. The normalized spacial score (nSPS) is 17.5. The predicted octanol–water partition coefficient (Wildman–Crippen LogP) is 3.55. The Balaban J connectivity index is 1.87. The Morgan fingerprint density at radius 2 is 2.09 bits per heavy atom. The number of aromatic nitrogens is 1. The third kappa shape index (κ3) is 2.07. The molecule has 112 valence electrons. The summed E-state index contributed by atoms with van der Waals surface area (Å²) in [4.78, 5) is 3.49. The van der Waals surface area contributed by atoms with Gasteiger partial charge in [0.05, 0.1) is 13.2 Å². The molecule has 1 atom stereocenters. The highest BCUT2D eigenvalue weighted by Gasteiger charge is 2.25. The molecule has 0 amide bonds. The SMILES string of the molecule is COc1ccc2[nH]c3c(c2c1)CCNC3c1cccc(F)c1. The molecule has 1 aliphatic heterocycles. The smallest absolute Gasteiger partial charge is 0.123 e. The second-order valence-electron chi connectivity index (χ2n) is 5.62. The zero-order valence-electron chi connectivity index (χ0n) is 12.3. The first-order valence-corrected chi connectivity index (χ1v) is 7.43. The molecule has 4 heteroatoms. The van der Waals surface area contributed by atoms with Gasteiger partial charge in [-0.1, -0.05) is 12.1 Å². The Hall–Kier alpha value is -2.33. The van der Waals surface area contributed by atoms with Crippen LogP contribution >= 0.6 is 0 Å². The quantitative estimate of drug-likeness (QED) is 0.759. The molecule has 1 aromatic heterocycles. The number of nitrogens with one attached hydrogen (secondary N) is 2. The van der Waals surface area contributed by atoms with Crippen LogP contribution in [0.5, 0.6) is 5.75 Å². The van der Waals surface area contributed by atoms with E-state index in [9.17, 15) is 4.39 Å².